The van der Waals surface area contributed by atoms with Gasteiger partial charge in [0, 0.05) is 12.7 Å². The quantitative estimate of drug-likeness (QED) is 0.549. The second-order valence-corrected chi connectivity index (χ2v) is 7.31. The lowest BCUT2D eigenvalue weighted by atomic mass is 10.2. The number of nitrogens with one attached hydrogen (secondary N) is 1. The summed E-state index contributed by atoms with van der Waals surface area (Å²) in [6, 6.07) is 7.30. The van der Waals surface area contributed by atoms with Gasteiger partial charge in [-0.1, -0.05) is 12.1 Å². The van der Waals surface area contributed by atoms with Gasteiger partial charge in [-0.2, -0.15) is 4.98 Å². The van der Waals surface area contributed by atoms with Crippen molar-refractivity contribution in [1.29, 1.82) is 0 Å². The number of anilines is 3. The van der Waals surface area contributed by atoms with Gasteiger partial charge in [-0.3, -0.25) is 8.86 Å². The van der Waals surface area contributed by atoms with E-state index in [-0.39, 0.29) is 5.28 Å². The van der Waals surface area contributed by atoms with Crippen molar-refractivity contribution in [2.45, 2.75) is 12.8 Å². The number of nitrogens with zero attached hydrogens (tertiary/aromatic N) is 3. The van der Waals surface area contributed by atoms with E-state index in [1.54, 1.807) is 12.3 Å². The van der Waals surface area contributed by atoms with E-state index in [1.165, 1.54) is 4.31 Å². The highest BCUT2D eigenvalue weighted by atomic mass is 79.9. The second-order valence-electron chi connectivity index (χ2n) is 5.21. The molecule has 1 atom stereocenters. The molecule has 1 aromatic carbocycles. The summed E-state index contributed by atoms with van der Waals surface area (Å²) in [7, 11) is 0. The molecule has 23 heavy (non-hydrogen) atoms. The van der Waals surface area contributed by atoms with Crippen LogP contribution < -0.4 is 9.62 Å². The summed E-state index contributed by atoms with van der Waals surface area (Å²) < 4.78 is 23.5. The Morgan fingerprint density at radius 1 is 1.43 bits per heavy atom. The highest BCUT2D eigenvalue weighted by molar-refractivity contribution is 9.10. The maximum atomic E-state index is 11.7. The molecule has 9 heteroatoms. The molecule has 1 unspecified atom stereocenters. The maximum absolute atomic E-state index is 11.7. The van der Waals surface area contributed by atoms with Crippen LogP contribution in [-0.4, -0.2) is 25.3 Å². The molecule has 0 spiro atoms. The zero-order valence-electron chi connectivity index (χ0n) is 11.9. The second kappa shape index (κ2) is 7.12. The fraction of sp³-hybridized carbons (Fsp3) is 0.286. The van der Waals surface area contributed by atoms with Gasteiger partial charge in [0.2, 0.25) is 5.28 Å². The van der Waals surface area contributed by atoms with Crippen molar-refractivity contribution in [3.63, 3.8) is 0 Å². The lowest BCUT2D eigenvalue weighted by Gasteiger charge is -2.23. The number of hydrogen-bond donors (Lipinski definition) is 2. The molecule has 2 aromatic rings. The molecule has 122 valence electrons. The zero-order valence-corrected chi connectivity index (χ0v) is 15.1. The van der Waals surface area contributed by atoms with Crippen molar-refractivity contribution in [3.8, 4) is 0 Å². The third kappa shape index (κ3) is 4.20. The van der Waals surface area contributed by atoms with Crippen LogP contribution in [-0.2, 0) is 11.3 Å². The highest BCUT2D eigenvalue weighted by Gasteiger charge is 2.28. The number of hydrogen-bond acceptors (Lipinski definition) is 4. The van der Waals surface area contributed by atoms with Crippen molar-refractivity contribution in [3.05, 3.63) is 40.2 Å². The Labute approximate surface area is 149 Å². The average molecular weight is 418 g/mol. The molecule has 0 saturated heterocycles. The van der Waals surface area contributed by atoms with Gasteiger partial charge in [-0.25, -0.2) is 9.19 Å². The van der Waals surface area contributed by atoms with Crippen molar-refractivity contribution in [2.75, 3.05) is 16.2 Å². The number of halogens is 2. The molecule has 3 rings (SSSR count). The summed E-state index contributed by atoms with van der Waals surface area (Å²) in [6.07, 6.45) is 3.74. The van der Waals surface area contributed by atoms with Gasteiger partial charge in [0.15, 0.2) is 0 Å². The zero-order chi connectivity index (χ0) is 16.4. The summed E-state index contributed by atoms with van der Waals surface area (Å²) in [5.41, 5.74) is 1.31. The molecule has 0 radical (unpaired) electrons. The predicted octanol–water partition coefficient (Wildman–Crippen LogP) is 3.99. The molecule has 6 nitrogen and oxygen atoms in total. The smallest absolute Gasteiger partial charge is 0.261 e. The third-order valence-corrected chi connectivity index (χ3v) is 4.94. The van der Waals surface area contributed by atoms with Crippen molar-refractivity contribution in [2.24, 2.45) is 5.92 Å². The van der Waals surface area contributed by atoms with Crippen LogP contribution in [0.25, 0.3) is 0 Å². The Hall–Kier alpha value is -1.22. The largest absolute Gasteiger partial charge is 0.337 e. The molecule has 1 fully saturated rings. The monoisotopic (exact) mass is 416 g/mol. The van der Waals surface area contributed by atoms with E-state index in [9.17, 15) is 8.76 Å². The average Bonchev–Trinajstić information content (AvgIpc) is 3.33. The molecular formula is C14H14BrClN4O2S. The van der Waals surface area contributed by atoms with Crippen LogP contribution in [0.3, 0.4) is 0 Å². The minimum atomic E-state index is -2.09. The molecular weight excluding hydrogens is 404 g/mol. The Balaban J connectivity index is 1.93. The predicted molar refractivity (Wildman–Crippen MR) is 95.3 cm³/mol. The van der Waals surface area contributed by atoms with Gasteiger partial charge in [0.05, 0.1) is 15.8 Å². The minimum Gasteiger partial charge on any atom is -0.337 e. The number of para-hydroxylation sites is 2. The first-order chi connectivity index (χ1) is 11.0. The fourth-order valence-electron chi connectivity index (χ4n) is 2.14. The van der Waals surface area contributed by atoms with Crippen LogP contribution in [0, 0.1) is 5.92 Å². The molecule has 2 N–H and O–H groups in total. The van der Waals surface area contributed by atoms with Gasteiger partial charge in [-0.15, -0.1) is 0 Å². The van der Waals surface area contributed by atoms with E-state index in [0.29, 0.717) is 34.1 Å². The highest BCUT2D eigenvalue weighted by Crippen LogP contribution is 2.36. The summed E-state index contributed by atoms with van der Waals surface area (Å²) in [5.74, 6) is 0.965. The molecule has 1 aliphatic carbocycles. The normalized spacial score (nSPS) is 15.3. The van der Waals surface area contributed by atoms with E-state index < -0.39 is 11.3 Å². The SMILES string of the molecule is O=S(O)N(CC1CC1)c1ccccc1Nc1nc(Cl)ncc1Br. The van der Waals surface area contributed by atoms with Gasteiger partial charge in [0.25, 0.3) is 11.3 Å². The van der Waals surface area contributed by atoms with E-state index in [0.717, 1.165) is 12.8 Å². The van der Waals surface area contributed by atoms with Crippen LogP contribution in [0.4, 0.5) is 17.2 Å². The van der Waals surface area contributed by atoms with Crippen molar-refractivity contribution in [1.82, 2.24) is 9.97 Å². The van der Waals surface area contributed by atoms with Gasteiger partial charge in [-0.05, 0) is 58.4 Å². The minimum absolute atomic E-state index is 0.119. The molecule has 0 bridgehead atoms. The van der Waals surface area contributed by atoms with Gasteiger partial charge >= 0.3 is 0 Å². The maximum Gasteiger partial charge on any atom is 0.261 e. The first kappa shape index (κ1) is 16.6. The van der Waals surface area contributed by atoms with Crippen LogP contribution in [0.1, 0.15) is 12.8 Å². The number of benzene rings is 1. The molecule has 1 aromatic heterocycles. The van der Waals surface area contributed by atoms with Crippen LogP contribution >= 0.6 is 27.5 Å². The summed E-state index contributed by atoms with van der Waals surface area (Å²) in [5, 5.41) is 3.26. The Morgan fingerprint density at radius 2 is 2.17 bits per heavy atom. The Morgan fingerprint density at radius 3 is 2.87 bits per heavy atom. The van der Waals surface area contributed by atoms with E-state index in [2.05, 4.69) is 31.2 Å². The number of rotatable bonds is 6. The molecule has 1 saturated carbocycles. The van der Waals surface area contributed by atoms with Crippen molar-refractivity contribution >= 4 is 56.0 Å². The van der Waals surface area contributed by atoms with Crippen molar-refractivity contribution < 1.29 is 8.76 Å². The van der Waals surface area contributed by atoms with E-state index in [4.69, 9.17) is 11.6 Å². The van der Waals surface area contributed by atoms with Crippen LogP contribution in [0.15, 0.2) is 34.9 Å². The standard InChI is InChI=1S/C14H14BrClN4O2S/c15-10-7-17-14(16)19-13(10)18-11-3-1-2-4-12(11)20(23(21)22)8-9-5-6-9/h1-4,7,9H,5-6,8H2,(H,21,22)(H,17,18,19). The first-order valence-electron chi connectivity index (χ1n) is 6.97. The van der Waals surface area contributed by atoms with Crippen LogP contribution in [0.5, 0.6) is 0 Å². The fourth-order valence-corrected chi connectivity index (χ4v) is 3.23. The van der Waals surface area contributed by atoms with Crippen LogP contribution in [0.2, 0.25) is 5.28 Å². The van der Waals surface area contributed by atoms with E-state index in [1.807, 2.05) is 18.2 Å². The third-order valence-electron chi connectivity index (χ3n) is 3.45. The molecule has 1 aliphatic rings. The number of aromatic nitrogens is 2. The molecule has 0 amide bonds. The summed E-state index contributed by atoms with van der Waals surface area (Å²) in [6.45, 7) is 0.549. The van der Waals surface area contributed by atoms with Gasteiger partial charge in [0.1, 0.15) is 5.82 Å². The summed E-state index contributed by atoms with van der Waals surface area (Å²) >= 11 is 7.10. The topological polar surface area (TPSA) is 78.4 Å². The van der Waals surface area contributed by atoms with E-state index >= 15 is 0 Å². The molecule has 1 heterocycles. The summed E-state index contributed by atoms with van der Waals surface area (Å²) in [4.78, 5) is 8.01. The first-order valence-corrected chi connectivity index (χ1v) is 9.20. The lowest BCUT2D eigenvalue weighted by Crippen LogP contribution is -2.28. The Kier molecular flexibility index (Phi) is 5.15. The Bertz CT molecular complexity index is 744. The lowest BCUT2D eigenvalue weighted by molar-refractivity contribution is 0.556. The van der Waals surface area contributed by atoms with Gasteiger partial charge < -0.3 is 5.32 Å². The molecule has 0 aliphatic heterocycles.